The number of ketones is 3. The van der Waals surface area contributed by atoms with Crippen LogP contribution in [0.2, 0.25) is 0 Å². The third-order valence-electron chi connectivity index (χ3n) is 17.5. The fourth-order valence-electron chi connectivity index (χ4n) is 12.0. The average Bonchev–Trinajstić information content (AvgIpc) is 0.886. The van der Waals surface area contributed by atoms with Gasteiger partial charge in [-0.15, -0.1) is 0 Å². The summed E-state index contributed by atoms with van der Waals surface area (Å²) in [5.74, 6) is -12.9. The van der Waals surface area contributed by atoms with Gasteiger partial charge in [-0.3, -0.25) is 73.3 Å². The van der Waals surface area contributed by atoms with E-state index in [4.69, 9.17) is 36.5 Å². The lowest BCUT2D eigenvalue weighted by molar-refractivity contribution is -0.249. The van der Waals surface area contributed by atoms with Gasteiger partial charge in [0.1, 0.15) is 71.8 Å². The summed E-state index contributed by atoms with van der Waals surface area (Å²) in [5, 5.41) is 95.5. The van der Waals surface area contributed by atoms with Crippen LogP contribution in [-0.2, 0) is 63.8 Å². The summed E-state index contributed by atoms with van der Waals surface area (Å²) in [4.78, 5) is 163. The van der Waals surface area contributed by atoms with Crippen molar-refractivity contribution in [3.8, 4) is 17.2 Å². The molecule has 4 aliphatic rings. The maximum absolute atomic E-state index is 14.2. The number of hydrogen-bond acceptors (Lipinski definition) is 22. The number of benzene rings is 2. The summed E-state index contributed by atoms with van der Waals surface area (Å²) in [6, 6.07) is -4.96. The number of carbonyl (C=O) groups is 12. The van der Waals surface area contributed by atoms with E-state index in [0.29, 0.717) is 19.3 Å². The molecule has 99 heavy (non-hydrogen) atoms. The number of nitrogens with two attached hydrogens (primary N) is 2. The van der Waals surface area contributed by atoms with E-state index >= 15 is 0 Å². The Hall–Kier alpha value is -9.64. The second-order valence-electron chi connectivity index (χ2n) is 25.7. The number of aliphatic hydroxyl groups is 3. The molecule has 0 spiro atoms. The SMILES string of the molecule is COc1cccc2c1C(=O)c1c(O)c3c(c(O)c1C2=O)CC(O)(C(=O)CO)CC3O[C@@H]1C[C@H](NC(=O)C(NC(=O)C(C)NC(=O)C(NC(=O)C(C)NC(=O)C(CCCNC(=N)N)NC(=O)C(CCCNC(=N)N)NC(=O)CCCCCN2C(=O)C=CC2=O)C(C)C)C(C)C)[C@H](O)[C@H](C)O1. The van der Waals surface area contributed by atoms with Gasteiger partial charge < -0.3 is 99.1 Å². The van der Waals surface area contributed by atoms with Crippen LogP contribution >= 0.6 is 0 Å². The minimum Gasteiger partial charge on any atom is -0.507 e. The van der Waals surface area contributed by atoms with Gasteiger partial charge in [0.2, 0.25) is 47.1 Å². The van der Waals surface area contributed by atoms with Gasteiger partial charge in [0.25, 0.3) is 11.8 Å². The van der Waals surface area contributed by atoms with Crippen molar-refractivity contribution in [2.24, 2.45) is 23.3 Å². The van der Waals surface area contributed by atoms with Crippen molar-refractivity contribution in [3.63, 3.8) is 0 Å². The smallest absolute Gasteiger partial charge is 0.253 e. The zero-order valence-corrected chi connectivity index (χ0v) is 56.5. The highest BCUT2D eigenvalue weighted by atomic mass is 16.7. The van der Waals surface area contributed by atoms with Crippen LogP contribution in [0.15, 0.2) is 30.4 Å². The van der Waals surface area contributed by atoms with E-state index in [1.54, 1.807) is 27.7 Å². The van der Waals surface area contributed by atoms with Crippen molar-refractivity contribution in [2.75, 3.05) is 33.4 Å². The van der Waals surface area contributed by atoms with E-state index in [-0.39, 0.29) is 98.1 Å². The highest BCUT2D eigenvalue weighted by Gasteiger charge is 2.51. The fraction of sp³-hybridized carbons (Fsp3) is 0.569. The Bertz CT molecular complexity index is 3470. The molecule has 2 aromatic carbocycles. The van der Waals surface area contributed by atoms with E-state index in [2.05, 4.69) is 47.9 Å². The normalized spacial score (nSPS) is 21.1. The lowest BCUT2D eigenvalue weighted by Crippen LogP contribution is -2.61. The fourth-order valence-corrected chi connectivity index (χ4v) is 12.0. The minimum atomic E-state index is -2.48. The van der Waals surface area contributed by atoms with Crippen LogP contribution in [0.5, 0.6) is 17.2 Å². The molecule has 2 aliphatic carbocycles. The first-order valence-corrected chi connectivity index (χ1v) is 32.7. The molecular formula is C65H92N14O20. The molecule has 1 fully saturated rings. The number of aliphatic hydroxyl groups excluding tert-OH is 2. The molecule has 2 aromatic rings. The Balaban J connectivity index is 1.08. The molecule has 8 unspecified atom stereocenters. The first kappa shape index (κ1) is 78.4. The lowest BCUT2D eigenvalue weighted by atomic mass is 9.72. The van der Waals surface area contributed by atoms with Crippen molar-refractivity contribution in [3.05, 3.63) is 63.7 Å². The van der Waals surface area contributed by atoms with Crippen LogP contribution < -0.4 is 64.1 Å². The van der Waals surface area contributed by atoms with Crippen LogP contribution in [0.3, 0.4) is 0 Å². The number of amides is 9. The van der Waals surface area contributed by atoms with E-state index in [1.807, 2.05) is 0 Å². The number of nitrogens with one attached hydrogen (secondary N) is 11. The van der Waals surface area contributed by atoms with Crippen molar-refractivity contribution in [1.29, 1.82) is 10.8 Å². The first-order chi connectivity index (χ1) is 46.6. The van der Waals surface area contributed by atoms with Gasteiger partial charge in [0.15, 0.2) is 29.8 Å². The second-order valence-corrected chi connectivity index (χ2v) is 25.7. The summed E-state index contributed by atoms with van der Waals surface area (Å²) in [6.07, 6.45) is -3.51. The summed E-state index contributed by atoms with van der Waals surface area (Å²) in [7, 11) is 1.26. The van der Waals surface area contributed by atoms with Crippen LogP contribution in [-0.4, -0.2) is 213 Å². The quantitative estimate of drug-likeness (QED) is 0.00961. The Labute approximate surface area is 570 Å². The van der Waals surface area contributed by atoms with Gasteiger partial charge in [-0.2, -0.15) is 0 Å². The minimum absolute atomic E-state index is 0.00747. The summed E-state index contributed by atoms with van der Waals surface area (Å²) < 4.78 is 17.7. The Morgan fingerprint density at radius 2 is 1.24 bits per heavy atom. The average molecular weight is 1390 g/mol. The van der Waals surface area contributed by atoms with Crippen LogP contribution in [0.1, 0.15) is 162 Å². The molecule has 34 heteroatoms. The van der Waals surface area contributed by atoms with Crippen LogP contribution in [0.25, 0.3) is 0 Å². The second kappa shape index (κ2) is 34.7. The predicted molar refractivity (Wildman–Crippen MR) is 351 cm³/mol. The largest absolute Gasteiger partial charge is 0.507 e. The van der Waals surface area contributed by atoms with Crippen molar-refractivity contribution >= 4 is 82.4 Å². The van der Waals surface area contributed by atoms with Gasteiger partial charge in [-0.25, -0.2) is 0 Å². The third-order valence-corrected chi connectivity index (χ3v) is 17.5. The van der Waals surface area contributed by atoms with Crippen molar-refractivity contribution in [1.82, 2.24) is 52.8 Å². The van der Waals surface area contributed by atoms with E-state index in [0.717, 1.165) is 4.90 Å². The maximum atomic E-state index is 14.2. The molecular weight excluding hydrogens is 1300 g/mol. The monoisotopic (exact) mass is 1390 g/mol. The number of ether oxygens (including phenoxy) is 3. The molecule has 2 heterocycles. The number of rotatable bonds is 34. The number of aromatic hydroxyl groups is 2. The van der Waals surface area contributed by atoms with Crippen LogP contribution in [0.4, 0.5) is 0 Å². The van der Waals surface area contributed by atoms with Crippen molar-refractivity contribution < 1.29 is 97.3 Å². The third kappa shape index (κ3) is 19.6. The molecule has 20 N–H and O–H groups in total. The molecule has 12 atom stereocenters. The zero-order chi connectivity index (χ0) is 73.5. The predicted octanol–water partition coefficient (Wildman–Crippen LogP) is -2.57. The Morgan fingerprint density at radius 1 is 0.697 bits per heavy atom. The number of hydrogen-bond donors (Lipinski definition) is 18. The molecule has 6 rings (SSSR count). The Kier molecular flexibility index (Phi) is 27.5. The number of carbonyl (C=O) groups excluding carboxylic acids is 12. The Morgan fingerprint density at radius 3 is 1.80 bits per heavy atom. The van der Waals surface area contributed by atoms with Crippen LogP contribution in [0, 0.1) is 22.7 Å². The van der Waals surface area contributed by atoms with Crippen molar-refractivity contribution in [2.45, 2.75) is 192 Å². The standard InChI is InChI=1S/C65H92N14O20/c1-29(2)50(77-57(90)31(5)72-59(92)37(17-14-23-71-64(68)69)75-60(93)36(16-13-22-70-63(66)67)74-42(82)19-10-9-11-24-79-43(83)20-21-44(79)84)61(94)73-32(6)58(91)78-51(30(3)4)62(95)76-38-25-45(98-33(7)52(38)85)99-40-27-65(96,41(81)28-80)26-35-47(40)56(89)49-48(54(35)87)53(86)34-15-12-18-39(97-8)46(34)55(49)88/h12,15,18,20-21,29-33,36-38,40,45,50-52,80,85,87,89,96H,9-11,13-14,16-17,19,22-28H2,1-8H3,(H,72,92)(H,73,94)(H,74,82)(H,75,93)(H,76,95)(H,77,90)(H,78,91)(H4,66,67,70)(H4,68,69,71)/t31?,32?,33-,36?,37?,38-,40?,45+,50?,51?,52+,65?/m0/s1. The number of nitrogens with zero attached hydrogens (tertiary/aromatic N) is 1. The van der Waals surface area contributed by atoms with Gasteiger partial charge in [-0.1, -0.05) is 46.2 Å². The number of imide groups is 1. The van der Waals surface area contributed by atoms with Gasteiger partial charge in [0.05, 0.1) is 42.0 Å². The number of guanidine groups is 2. The molecule has 0 aromatic heterocycles. The van der Waals surface area contributed by atoms with Gasteiger partial charge >= 0.3 is 0 Å². The van der Waals surface area contributed by atoms with E-state index in [9.17, 15) is 83.1 Å². The zero-order valence-electron chi connectivity index (χ0n) is 56.5. The van der Waals surface area contributed by atoms with Gasteiger partial charge in [0, 0.05) is 74.2 Å². The molecule has 0 radical (unpaired) electrons. The number of phenols is 2. The highest BCUT2D eigenvalue weighted by molar-refractivity contribution is 6.31. The summed E-state index contributed by atoms with van der Waals surface area (Å²) >= 11 is 0. The summed E-state index contributed by atoms with van der Waals surface area (Å²) in [5.41, 5.74) is 6.17. The molecule has 1 saturated heterocycles. The molecule has 34 nitrogen and oxygen atoms in total. The number of methoxy groups -OCH3 is 1. The highest BCUT2D eigenvalue weighted by Crippen LogP contribution is 2.52. The van der Waals surface area contributed by atoms with E-state index in [1.165, 1.54) is 58.2 Å². The lowest BCUT2D eigenvalue weighted by Gasteiger charge is -2.43. The number of Topliss-reactive ketones (excluding diaryl/α,β-unsaturated/α-hetero) is 1. The number of fused-ring (bicyclic) bond motifs is 3. The molecule has 542 valence electrons. The summed E-state index contributed by atoms with van der Waals surface area (Å²) in [6.45, 7) is 9.72. The first-order valence-electron chi connectivity index (χ1n) is 32.7. The molecule has 9 amide bonds. The molecule has 0 saturated carbocycles. The topological polar surface area (TPSA) is 545 Å². The maximum Gasteiger partial charge on any atom is 0.253 e. The van der Waals surface area contributed by atoms with E-state index < -0.39 is 197 Å². The molecule has 0 bridgehead atoms. The molecule has 2 aliphatic heterocycles. The number of phenolic OH excluding ortho intramolecular Hbond substituents is 2. The van der Waals surface area contributed by atoms with Gasteiger partial charge in [-0.05, 0) is 77.2 Å². The number of unbranched alkanes of at least 4 members (excludes halogenated alkanes) is 2.